The zero-order chi connectivity index (χ0) is 24.1. The second-order valence-electron chi connectivity index (χ2n) is 7.87. The second-order valence-corrected chi connectivity index (χ2v) is 7.87. The Morgan fingerprint density at radius 2 is 1.97 bits per heavy atom. The first kappa shape index (κ1) is 23.4. The lowest BCUT2D eigenvalue weighted by Crippen LogP contribution is -2.39. The molecule has 2 N–H and O–H groups in total. The van der Waals surface area contributed by atoms with Crippen LogP contribution in [-0.2, 0) is 36.2 Å². The summed E-state index contributed by atoms with van der Waals surface area (Å²) < 4.78 is 39.2. The molecule has 8 nitrogen and oxygen atoms in total. The maximum atomic E-state index is 13.6. The van der Waals surface area contributed by atoms with Gasteiger partial charge in [0.2, 0.25) is 0 Å². The van der Waals surface area contributed by atoms with Crippen LogP contribution in [0, 0.1) is 11.6 Å². The van der Waals surface area contributed by atoms with Crippen LogP contribution < -0.4 is 15.4 Å². The number of fused-ring (bicyclic) bond motifs is 1. The summed E-state index contributed by atoms with van der Waals surface area (Å²) in [6.45, 7) is 0.286. The summed E-state index contributed by atoms with van der Waals surface area (Å²) >= 11 is 0. The van der Waals surface area contributed by atoms with Crippen LogP contribution in [0.1, 0.15) is 27.3 Å². The number of aromatic nitrogens is 2. The summed E-state index contributed by atoms with van der Waals surface area (Å²) in [6, 6.07) is 12.3. The average molecular weight is 470 g/mol. The molecule has 0 bridgehead atoms. The van der Waals surface area contributed by atoms with Crippen molar-refractivity contribution in [2.45, 2.75) is 25.7 Å². The Labute approximate surface area is 194 Å². The summed E-state index contributed by atoms with van der Waals surface area (Å²) in [5, 5.41) is 9.96. The van der Waals surface area contributed by atoms with E-state index < -0.39 is 24.1 Å². The zero-order valence-electron chi connectivity index (χ0n) is 18.5. The Morgan fingerprint density at radius 3 is 2.76 bits per heavy atom. The molecule has 178 valence electrons. The van der Waals surface area contributed by atoms with Gasteiger partial charge in [0, 0.05) is 38.2 Å². The van der Waals surface area contributed by atoms with Crippen LogP contribution in [-0.4, -0.2) is 40.9 Å². The molecular weight excluding hydrogens is 446 g/mol. The fourth-order valence-electron chi connectivity index (χ4n) is 3.72. The lowest BCUT2D eigenvalue weighted by Gasteiger charge is -2.23. The molecule has 0 saturated heterocycles. The van der Waals surface area contributed by atoms with E-state index in [1.165, 1.54) is 4.68 Å². The first-order chi connectivity index (χ1) is 16.4. The molecule has 0 radical (unpaired) electrons. The Bertz CT molecular complexity index is 1180. The fourth-order valence-corrected chi connectivity index (χ4v) is 3.72. The van der Waals surface area contributed by atoms with E-state index in [0.29, 0.717) is 24.4 Å². The minimum absolute atomic E-state index is 0.160. The number of halogens is 2. The Morgan fingerprint density at radius 1 is 1.18 bits per heavy atom. The SMILES string of the molecule is Cn1nc2c(c1C(=O)NCc1ccccc1)CC(CNC(=O)COc1cc(F)ccc1F)OC2. The first-order valence-electron chi connectivity index (χ1n) is 10.7. The van der Waals surface area contributed by atoms with Crippen molar-refractivity contribution in [3.05, 3.63) is 82.7 Å². The van der Waals surface area contributed by atoms with Gasteiger partial charge in [0.25, 0.3) is 11.8 Å². The number of amides is 2. The highest BCUT2D eigenvalue weighted by atomic mass is 19.1. The van der Waals surface area contributed by atoms with Gasteiger partial charge in [-0.05, 0) is 17.7 Å². The molecule has 0 spiro atoms. The van der Waals surface area contributed by atoms with Gasteiger partial charge in [-0.25, -0.2) is 8.78 Å². The van der Waals surface area contributed by atoms with Gasteiger partial charge >= 0.3 is 0 Å². The lowest BCUT2D eigenvalue weighted by molar-refractivity contribution is -0.124. The largest absolute Gasteiger partial charge is 0.481 e. The van der Waals surface area contributed by atoms with Gasteiger partial charge in [-0.1, -0.05) is 30.3 Å². The van der Waals surface area contributed by atoms with E-state index in [2.05, 4.69) is 15.7 Å². The molecule has 1 atom stereocenters. The van der Waals surface area contributed by atoms with Gasteiger partial charge in [-0.3, -0.25) is 14.3 Å². The summed E-state index contributed by atoms with van der Waals surface area (Å²) in [4.78, 5) is 25.0. The predicted molar refractivity (Wildman–Crippen MR) is 118 cm³/mol. The summed E-state index contributed by atoms with van der Waals surface area (Å²) in [6.07, 6.45) is 0.00364. The van der Waals surface area contributed by atoms with Gasteiger partial charge in [0.15, 0.2) is 18.2 Å². The van der Waals surface area contributed by atoms with E-state index in [0.717, 1.165) is 29.3 Å². The number of nitrogens with one attached hydrogen (secondary N) is 2. The number of hydrogen-bond acceptors (Lipinski definition) is 5. The van der Waals surface area contributed by atoms with E-state index in [4.69, 9.17) is 9.47 Å². The molecular formula is C24H24F2N4O4. The van der Waals surface area contributed by atoms with Crippen LogP contribution in [0.5, 0.6) is 5.75 Å². The number of hydrogen-bond donors (Lipinski definition) is 2. The molecule has 1 aliphatic heterocycles. The number of rotatable bonds is 8. The predicted octanol–water partition coefficient (Wildman–Crippen LogP) is 2.26. The van der Waals surface area contributed by atoms with Crippen LogP contribution in [0.25, 0.3) is 0 Å². The van der Waals surface area contributed by atoms with Crippen molar-refractivity contribution in [3.63, 3.8) is 0 Å². The summed E-state index contributed by atoms with van der Waals surface area (Å²) in [5.41, 5.74) is 2.89. The topological polar surface area (TPSA) is 94.5 Å². The average Bonchev–Trinajstić information content (AvgIpc) is 3.17. The minimum Gasteiger partial charge on any atom is -0.481 e. The van der Waals surface area contributed by atoms with Gasteiger partial charge in [-0.15, -0.1) is 0 Å². The highest BCUT2D eigenvalue weighted by molar-refractivity contribution is 5.94. The van der Waals surface area contributed by atoms with Crippen molar-refractivity contribution >= 4 is 11.8 Å². The smallest absolute Gasteiger partial charge is 0.270 e. The monoisotopic (exact) mass is 470 g/mol. The van der Waals surface area contributed by atoms with Crippen molar-refractivity contribution in [3.8, 4) is 5.75 Å². The molecule has 0 aliphatic carbocycles. The van der Waals surface area contributed by atoms with Crippen LogP contribution in [0.3, 0.4) is 0 Å². The molecule has 1 aliphatic rings. The number of ether oxygens (including phenoxy) is 2. The van der Waals surface area contributed by atoms with E-state index in [1.54, 1.807) is 7.05 Å². The molecule has 4 rings (SSSR count). The van der Waals surface area contributed by atoms with E-state index in [-0.39, 0.29) is 30.9 Å². The number of carbonyl (C=O) groups is 2. The standard InChI is InChI=1S/C24H24F2N4O4/c1-30-23(24(32)28-11-15-5-3-2-4-6-15)18-10-17(33-13-20(18)29-30)12-27-22(31)14-34-21-9-16(25)7-8-19(21)26/h2-9,17H,10-14H2,1H3,(H,27,31)(H,28,32). The quantitative estimate of drug-likeness (QED) is 0.527. The Kier molecular flexibility index (Phi) is 7.17. The van der Waals surface area contributed by atoms with Crippen LogP contribution in [0.4, 0.5) is 8.78 Å². The van der Waals surface area contributed by atoms with Crippen LogP contribution >= 0.6 is 0 Å². The van der Waals surface area contributed by atoms with Crippen molar-refractivity contribution in [2.75, 3.05) is 13.2 Å². The number of benzene rings is 2. The van der Waals surface area contributed by atoms with E-state index in [1.807, 2.05) is 30.3 Å². The van der Waals surface area contributed by atoms with Crippen LogP contribution in [0.15, 0.2) is 48.5 Å². The number of aryl methyl sites for hydroxylation is 1. The highest BCUT2D eigenvalue weighted by Crippen LogP contribution is 2.23. The molecule has 1 aromatic heterocycles. The molecule has 3 aromatic rings. The third-order valence-electron chi connectivity index (χ3n) is 5.41. The Hall–Kier alpha value is -3.79. The van der Waals surface area contributed by atoms with Crippen LogP contribution in [0.2, 0.25) is 0 Å². The van der Waals surface area contributed by atoms with E-state index >= 15 is 0 Å². The van der Waals surface area contributed by atoms with Gasteiger partial charge in [0.1, 0.15) is 11.5 Å². The maximum Gasteiger partial charge on any atom is 0.270 e. The number of carbonyl (C=O) groups excluding carboxylic acids is 2. The third-order valence-corrected chi connectivity index (χ3v) is 5.41. The second kappa shape index (κ2) is 10.4. The minimum atomic E-state index is -0.757. The van der Waals surface area contributed by atoms with Gasteiger partial charge in [-0.2, -0.15) is 5.10 Å². The molecule has 0 fully saturated rings. The van der Waals surface area contributed by atoms with Gasteiger partial charge < -0.3 is 20.1 Å². The summed E-state index contributed by atoms with van der Waals surface area (Å²) in [7, 11) is 1.70. The normalized spacial score (nSPS) is 14.9. The highest BCUT2D eigenvalue weighted by Gasteiger charge is 2.29. The lowest BCUT2D eigenvalue weighted by atomic mass is 10.0. The fraction of sp³-hybridized carbons (Fsp3) is 0.292. The van der Waals surface area contributed by atoms with Crippen molar-refractivity contribution < 1.29 is 27.8 Å². The zero-order valence-corrected chi connectivity index (χ0v) is 18.5. The molecule has 0 saturated carbocycles. The summed E-state index contributed by atoms with van der Waals surface area (Å²) in [5.74, 6) is -2.51. The van der Waals surface area contributed by atoms with Crippen molar-refractivity contribution in [1.82, 2.24) is 20.4 Å². The van der Waals surface area contributed by atoms with Crippen molar-refractivity contribution in [1.29, 1.82) is 0 Å². The molecule has 2 aromatic carbocycles. The van der Waals surface area contributed by atoms with Gasteiger partial charge in [0.05, 0.1) is 18.4 Å². The first-order valence-corrected chi connectivity index (χ1v) is 10.7. The molecule has 1 unspecified atom stereocenters. The molecule has 2 amide bonds. The number of nitrogens with zero attached hydrogens (tertiary/aromatic N) is 2. The Balaban J connectivity index is 1.31. The van der Waals surface area contributed by atoms with E-state index in [9.17, 15) is 18.4 Å². The molecule has 10 heteroatoms. The van der Waals surface area contributed by atoms with Crippen molar-refractivity contribution in [2.24, 2.45) is 7.05 Å². The maximum absolute atomic E-state index is 13.6. The molecule has 34 heavy (non-hydrogen) atoms. The third kappa shape index (κ3) is 5.57. The molecule has 2 heterocycles.